The zero-order chi connectivity index (χ0) is 22.8. The van der Waals surface area contributed by atoms with Gasteiger partial charge in [-0.2, -0.15) is 0 Å². The minimum absolute atomic E-state index is 0.0196. The van der Waals surface area contributed by atoms with Crippen LogP contribution in [-0.4, -0.2) is 33.8 Å². The number of hydrogen-bond donors (Lipinski definition) is 1. The Balaban J connectivity index is 1.42. The lowest BCUT2D eigenvalue weighted by Gasteiger charge is -2.30. The maximum absolute atomic E-state index is 13.6. The van der Waals surface area contributed by atoms with Crippen LogP contribution in [0.5, 0.6) is 0 Å². The van der Waals surface area contributed by atoms with E-state index in [9.17, 15) is 9.59 Å². The third-order valence-electron chi connectivity index (χ3n) is 7.11. The molecule has 3 aromatic rings. The van der Waals surface area contributed by atoms with Gasteiger partial charge in [0.05, 0.1) is 11.1 Å². The van der Waals surface area contributed by atoms with Crippen molar-refractivity contribution < 1.29 is 9.59 Å². The van der Waals surface area contributed by atoms with Gasteiger partial charge in [-0.25, -0.2) is 4.98 Å². The van der Waals surface area contributed by atoms with Crippen LogP contribution in [0, 0.1) is 0 Å². The Labute approximate surface area is 195 Å². The minimum Gasteiger partial charge on any atom is -0.350 e. The summed E-state index contributed by atoms with van der Waals surface area (Å²) >= 11 is 0. The number of benzene rings is 2. The molecule has 2 amide bonds. The molecule has 1 atom stereocenters. The number of rotatable bonds is 6. The van der Waals surface area contributed by atoms with Crippen molar-refractivity contribution in [3.8, 4) is 0 Å². The fourth-order valence-corrected chi connectivity index (χ4v) is 5.30. The number of para-hydroxylation sites is 1. The largest absolute Gasteiger partial charge is 0.350 e. The van der Waals surface area contributed by atoms with Crippen molar-refractivity contribution in [3.63, 3.8) is 0 Å². The number of pyridine rings is 1. The molecule has 1 fully saturated rings. The second-order valence-corrected chi connectivity index (χ2v) is 9.45. The summed E-state index contributed by atoms with van der Waals surface area (Å²) in [5, 5.41) is 4.02. The van der Waals surface area contributed by atoms with E-state index in [0.717, 1.165) is 49.5 Å². The Bertz CT molecular complexity index is 1170. The molecule has 0 radical (unpaired) electrons. The number of fused-ring (bicyclic) bond motifs is 2. The van der Waals surface area contributed by atoms with Gasteiger partial charge < -0.3 is 10.2 Å². The Morgan fingerprint density at radius 1 is 1.06 bits per heavy atom. The lowest BCUT2D eigenvalue weighted by Crippen LogP contribution is -2.37. The number of hydrogen-bond acceptors (Lipinski definition) is 3. The highest BCUT2D eigenvalue weighted by atomic mass is 16.2. The molecule has 33 heavy (non-hydrogen) atoms. The third-order valence-corrected chi connectivity index (χ3v) is 7.11. The monoisotopic (exact) mass is 441 g/mol. The van der Waals surface area contributed by atoms with E-state index < -0.39 is 0 Å². The van der Waals surface area contributed by atoms with E-state index in [1.54, 1.807) is 0 Å². The molecule has 1 aliphatic carbocycles. The molecule has 2 aromatic carbocycles. The summed E-state index contributed by atoms with van der Waals surface area (Å²) in [6.07, 6.45) is 7.40. The molecule has 0 spiro atoms. The fraction of sp³-hybridized carbons (Fsp3) is 0.393. The van der Waals surface area contributed by atoms with Crippen molar-refractivity contribution in [1.29, 1.82) is 0 Å². The summed E-state index contributed by atoms with van der Waals surface area (Å²) in [7, 11) is 0. The zero-order valence-electron chi connectivity index (χ0n) is 19.2. The van der Waals surface area contributed by atoms with Gasteiger partial charge in [-0.3, -0.25) is 9.59 Å². The lowest BCUT2D eigenvalue weighted by molar-refractivity contribution is 0.0655. The van der Waals surface area contributed by atoms with Crippen LogP contribution < -0.4 is 5.32 Å². The Hall–Kier alpha value is -3.21. The third kappa shape index (κ3) is 4.37. The van der Waals surface area contributed by atoms with E-state index in [2.05, 4.69) is 17.4 Å². The van der Waals surface area contributed by atoms with E-state index in [1.165, 1.54) is 12.0 Å². The first kappa shape index (κ1) is 21.6. The Morgan fingerprint density at radius 2 is 1.79 bits per heavy atom. The highest BCUT2D eigenvalue weighted by Gasteiger charge is 2.38. The van der Waals surface area contributed by atoms with E-state index in [4.69, 9.17) is 4.98 Å². The van der Waals surface area contributed by atoms with Gasteiger partial charge in [0.1, 0.15) is 5.69 Å². The predicted molar refractivity (Wildman–Crippen MR) is 130 cm³/mol. The first-order valence-corrected chi connectivity index (χ1v) is 12.2. The summed E-state index contributed by atoms with van der Waals surface area (Å²) in [6.45, 7) is 2.53. The van der Waals surface area contributed by atoms with Gasteiger partial charge in [0.2, 0.25) is 0 Å². The molecule has 0 unspecified atom stereocenters. The van der Waals surface area contributed by atoms with E-state index >= 15 is 0 Å². The van der Waals surface area contributed by atoms with Crippen LogP contribution >= 0.6 is 0 Å². The summed E-state index contributed by atoms with van der Waals surface area (Å²) < 4.78 is 0. The van der Waals surface area contributed by atoms with Crippen LogP contribution in [-0.2, 0) is 13.0 Å². The molecule has 1 aromatic heterocycles. The van der Waals surface area contributed by atoms with Crippen molar-refractivity contribution in [2.75, 3.05) is 0 Å². The molecular formula is C28H31N3O2. The van der Waals surface area contributed by atoms with Crippen molar-refractivity contribution in [2.45, 2.75) is 70.5 Å². The van der Waals surface area contributed by atoms with Crippen LogP contribution in [0.4, 0.5) is 0 Å². The highest BCUT2D eigenvalue weighted by Crippen LogP contribution is 2.34. The van der Waals surface area contributed by atoms with E-state index in [1.807, 2.05) is 54.3 Å². The SMILES string of the molecule is C[C@H](CCc1ccccc1)NC(=O)c1c2c(nc3ccccc13)C(=O)N(C1CCCCC1)C2. The van der Waals surface area contributed by atoms with E-state index in [-0.39, 0.29) is 23.9 Å². The van der Waals surface area contributed by atoms with Crippen LogP contribution in [0.3, 0.4) is 0 Å². The van der Waals surface area contributed by atoms with Gasteiger partial charge in [0.25, 0.3) is 11.8 Å². The molecule has 1 aliphatic heterocycles. The van der Waals surface area contributed by atoms with Gasteiger partial charge in [0.15, 0.2) is 0 Å². The number of carbonyl (C=O) groups is 2. The van der Waals surface area contributed by atoms with Crippen molar-refractivity contribution in [3.05, 3.63) is 77.0 Å². The summed E-state index contributed by atoms with van der Waals surface area (Å²) in [6, 6.07) is 18.3. The second-order valence-electron chi connectivity index (χ2n) is 9.45. The molecule has 170 valence electrons. The van der Waals surface area contributed by atoms with Crippen LogP contribution in [0.25, 0.3) is 10.9 Å². The quantitative estimate of drug-likeness (QED) is 0.566. The Morgan fingerprint density at radius 3 is 2.58 bits per heavy atom. The number of carbonyl (C=O) groups excluding carboxylic acids is 2. The maximum Gasteiger partial charge on any atom is 0.273 e. The minimum atomic E-state index is -0.108. The molecule has 1 saturated carbocycles. The lowest BCUT2D eigenvalue weighted by atomic mass is 9.94. The smallest absolute Gasteiger partial charge is 0.273 e. The number of nitrogens with one attached hydrogen (secondary N) is 1. The van der Waals surface area contributed by atoms with Gasteiger partial charge in [-0.15, -0.1) is 0 Å². The molecule has 5 heteroatoms. The van der Waals surface area contributed by atoms with Gasteiger partial charge >= 0.3 is 0 Å². The molecule has 0 bridgehead atoms. The molecule has 2 heterocycles. The first-order chi connectivity index (χ1) is 16.1. The summed E-state index contributed by atoms with van der Waals surface area (Å²) in [5.74, 6) is -0.127. The molecule has 2 aliphatic rings. The fourth-order valence-electron chi connectivity index (χ4n) is 5.30. The average Bonchev–Trinajstić information content (AvgIpc) is 3.18. The maximum atomic E-state index is 13.6. The van der Waals surface area contributed by atoms with E-state index in [0.29, 0.717) is 23.3 Å². The van der Waals surface area contributed by atoms with Crippen molar-refractivity contribution in [1.82, 2.24) is 15.2 Å². The predicted octanol–water partition coefficient (Wildman–Crippen LogP) is 5.27. The standard InChI is InChI=1S/C28H31N3O2/c1-19(16-17-20-10-4-2-5-11-20)29-27(32)25-22-14-8-9-15-24(22)30-26-23(25)18-31(28(26)33)21-12-6-3-7-13-21/h2,4-5,8-11,14-15,19,21H,3,6-7,12-13,16-18H2,1H3,(H,29,32)/t19-/m1/s1. The zero-order valence-corrected chi connectivity index (χ0v) is 19.2. The normalized spacial score (nSPS) is 17.2. The van der Waals surface area contributed by atoms with Crippen LogP contribution in [0.15, 0.2) is 54.6 Å². The molecular weight excluding hydrogens is 410 g/mol. The van der Waals surface area contributed by atoms with Gasteiger partial charge in [0, 0.05) is 29.6 Å². The molecule has 5 nitrogen and oxygen atoms in total. The number of aromatic nitrogens is 1. The number of nitrogens with zero attached hydrogens (tertiary/aromatic N) is 2. The highest BCUT2D eigenvalue weighted by molar-refractivity contribution is 6.11. The first-order valence-electron chi connectivity index (χ1n) is 12.2. The topological polar surface area (TPSA) is 62.3 Å². The second kappa shape index (κ2) is 9.34. The molecule has 1 N–H and O–H groups in total. The summed E-state index contributed by atoms with van der Waals surface area (Å²) in [5.41, 5.74) is 3.84. The molecule has 5 rings (SSSR count). The summed E-state index contributed by atoms with van der Waals surface area (Å²) in [4.78, 5) is 33.6. The van der Waals surface area contributed by atoms with Gasteiger partial charge in [-0.05, 0) is 44.2 Å². The number of amides is 2. The van der Waals surface area contributed by atoms with Crippen LogP contribution in [0.2, 0.25) is 0 Å². The Kier molecular flexibility index (Phi) is 6.12. The van der Waals surface area contributed by atoms with Gasteiger partial charge in [-0.1, -0.05) is 67.8 Å². The van der Waals surface area contributed by atoms with Crippen molar-refractivity contribution >= 4 is 22.7 Å². The van der Waals surface area contributed by atoms with Crippen LogP contribution in [0.1, 0.15) is 77.4 Å². The van der Waals surface area contributed by atoms with Crippen molar-refractivity contribution in [2.24, 2.45) is 0 Å². The average molecular weight is 442 g/mol. The number of aryl methyl sites for hydroxylation is 1. The molecule has 0 saturated heterocycles.